The van der Waals surface area contributed by atoms with Crippen LogP contribution in [0.1, 0.15) is 25.4 Å². The summed E-state index contributed by atoms with van der Waals surface area (Å²) in [7, 11) is 0. The lowest BCUT2D eigenvalue weighted by atomic mass is 9.87. The summed E-state index contributed by atoms with van der Waals surface area (Å²) in [6.07, 6.45) is 0.888. The molecule has 2 heterocycles. The third-order valence-electron chi connectivity index (χ3n) is 3.57. The first-order valence-corrected chi connectivity index (χ1v) is 6.33. The van der Waals surface area contributed by atoms with E-state index in [1.54, 1.807) is 6.92 Å². The van der Waals surface area contributed by atoms with E-state index in [1.165, 1.54) is 0 Å². The monoisotopic (exact) mass is 249 g/mol. The zero-order valence-electron chi connectivity index (χ0n) is 11.1. The molecule has 1 aliphatic rings. The number of hydrogen-bond donors (Lipinski definition) is 1. The average molecular weight is 249 g/mol. The fraction of sp³-hybridized carbons (Fsp3) is 0.615. The van der Waals surface area contributed by atoms with Gasteiger partial charge in [0.25, 0.3) is 0 Å². The predicted octanol–water partition coefficient (Wildman–Crippen LogP) is 1.50. The molecule has 0 amide bonds. The van der Waals surface area contributed by atoms with Crippen LogP contribution in [0.3, 0.4) is 0 Å². The number of carbonyl (C=O) groups is 1. The standard InChI is InChI=1S/C13H19N3O2/c1-4-11-5-12(15-9(3)14-11)16-6-10(7-16)8(2)13(17)18/h5,8,10H,4,6-7H2,1-3H3,(H,17,18). The van der Waals surface area contributed by atoms with E-state index < -0.39 is 5.97 Å². The zero-order valence-corrected chi connectivity index (χ0v) is 11.1. The molecule has 1 unspecified atom stereocenters. The van der Waals surface area contributed by atoms with Crippen molar-refractivity contribution in [3.63, 3.8) is 0 Å². The minimum absolute atomic E-state index is 0.225. The second-order valence-corrected chi connectivity index (χ2v) is 4.91. The van der Waals surface area contributed by atoms with Gasteiger partial charge in [-0.15, -0.1) is 0 Å². The van der Waals surface area contributed by atoms with Crippen LogP contribution in [0.15, 0.2) is 6.07 Å². The maximum Gasteiger partial charge on any atom is 0.306 e. The third kappa shape index (κ3) is 2.44. The Hall–Kier alpha value is -1.65. The summed E-state index contributed by atoms with van der Waals surface area (Å²) in [5.41, 5.74) is 1.03. The summed E-state index contributed by atoms with van der Waals surface area (Å²) in [6.45, 7) is 7.27. The van der Waals surface area contributed by atoms with E-state index in [2.05, 4.69) is 21.8 Å². The van der Waals surface area contributed by atoms with Crippen molar-refractivity contribution < 1.29 is 9.90 Å². The minimum Gasteiger partial charge on any atom is -0.481 e. The van der Waals surface area contributed by atoms with Gasteiger partial charge in [0.15, 0.2) is 0 Å². The molecule has 0 aliphatic carbocycles. The quantitative estimate of drug-likeness (QED) is 0.876. The molecule has 5 nitrogen and oxygen atoms in total. The molecule has 1 atom stereocenters. The van der Waals surface area contributed by atoms with Crippen LogP contribution in [-0.4, -0.2) is 34.1 Å². The van der Waals surface area contributed by atoms with Crippen LogP contribution in [0, 0.1) is 18.8 Å². The van der Waals surface area contributed by atoms with Crippen molar-refractivity contribution in [3.8, 4) is 0 Å². The van der Waals surface area contributed by atoms with Crippen LogP contribution in [-0.2, 0) is 11.2 Å². The molecule has 1 saturated heterocycles. The first-order valence-electron chi connectivity index (χ1n) is 6.33. The van der Waals surface area contributed by atoms with Gasteiger partial charge in [-0.3, -0.25) is 4.79 Å². The number of anilines is 1. The Labute approximate surface area is 107 Å². The largest absolute Gasteiger partial charge is 0.481 e. The number of carboxylic acids is 1. The molecule has 1 N–H and O–H groups in total. The fourth-order valence-corrected chi connectivity index (χ4v) is 2.17. The molecule has 0 saturated carbocycles. The van der Waals surface area contributed by atoms with Crippen molar-refractivity contribution in [2.75, 3.05) is 18.0 Å². The summed E-state index contributed by atoms with van der Waals surface area (Å²) in [5.74, 6) is 0.928. The van der Waals surface area contributed by atoms with Gasteiger partial charge in [0.05, 0.1) is 5.92 Å². The Morgan fingerprint density at radius 1 is 1.56 bits per heavy atom. The smallest absolute Gasteiger partial charge is 0.306 e. The SMILES string of the molecule is CCc1cc(N2CC(C(C)C(=O)O)C2)nc(C)n1. The summed E-state index contributed by atoms with van der Waals surface area (Å²) < 4.78 is 0. The summed E-state index contributed by atoms with van der Waals surface area (Å²) in [6, 6.07) is 1.99. The molecule has 1 aromatic heterocycles. The molecule has 5 heteroatoms. The van der Waals surface area contributed by atoms with Gasteiger partial charge in [-0.05, 0) is 13.3 Å². The van der Waals surface area contributed by atoms with E-state index in [1.807, 2.05) is 13.0 Å². The first kappa shape index (κ1) is 12.8. The van der Waals surface area contributed by atoms with Crippen molar-refractivity contribution in [1.29, 1.82) is 0 Å². The van der Waals surface area contributed by atoms with Gasteiger partial charge in [-0.2, -0.15) is 0 Å². The number of hydrogen-bond acceptors (Lipinski definition) is 4. The topological polar surface area (TPSA) is 66.3 Å². The van der Waals surface area contributed by atoms with Gasteiger partial charge >= 0.3 is 5.97 Å². The van der Waals surface area contributed by atoms with Crippen molar-refractivity contribution in [2.45, 2.75) is 27.2 Å². The maximum atomic E-state index is 10.9. The molecule has 1 aromatic rings. The fourth-order valence-electron chi connectivity index (χ4n) is 2.17. The first-order chi connectivity index (χ1) is 8.51. The number of carboxylic acid groups (broad SMARTS) is 1. The lowest BCUT2D eigenvalue weighted by Crippen LogP contribution is -2.51. The number of aromatic nitrogens is 2. The number of aryl methyl sites for hydroxylation is 2. The molecule has 1 fully saturated rings. The third-order valence-corrected chi connectivity index (χ3v) is 3.57. The van der Waals surface area contributed by atoms with Crippen LogP contribution >= 0.6 is 0 Å². The van der Waals surface area contributed by atoms with Crippen molar-refractivity contribution in [3.05, 3.63) is 17.6 Å². The lowest BCUT2D eigenvalue weighted by Gasteiger charge is -2.42. The van der Waals surface area contributed by atoms with Crippen LogP contribution in [0.2, 0.25) is 0 Å². The summed E-state index contributed by atoms with van der Waals surface area (Å²) in [4.78, 5) is 21.8. The van der Waals surface area contributed by atoms with Gasteiger partial charge in [-0.25, -0.2) is 9.97 Å². The highest BCUT2D eigenvalue weighted by molar-refractivity contribution is 5.70. The molecule has 0 aromatic carbocycles. The van der Waals surface area contributed by atoms with Crippen molar-refractivity contribution in [2.24, 2.45) is 11.8 Å². The van der Waals surface area contributed by atoms with E-state index in [-0.39, 0.29) is 11.8 Å². The van der Waals surface area contributed by atoms with E-state index in [9.17, 15) is 4.79 Å². The van der Waals surface area contributed by atoms with E-state index in [4.69, 9.17) is 5.11 Å². The highest BCUT2D eigenvalue weighted by Crippen LogP contribution is 2.28. The highest BCUT2D eigenvalue weighted by atomic mass is 16.4. The zero-order chi connectivity index (χ0) is 13.3. The Morgan fingerprint density at radius 3 is 2.78 bits per heavy atom. The molecular formula is C13H19N3O2. The Balaban J connectivity index is 2.04. The van der Waals surface area contributed by atoms with Gasteiger partial charge in [0, 0.05) is 30.8 Å². The van der Waals surface area contributed by atoms with Crippen LogP contribution < -0.4 is 4.90 Å². The normalized spacial score (nSPS) is 17.4. The maximum absolute atomic E-state index is 10.9. The Bertz CT molecular complexity index is 456. The number of nitrogens with zero attached hydrogens (tertiary/aromatic N) is 3. The van der Waals surface area contributed by atoms with Gasteiger partial charge in [0.2, 0.25) is 0 Å². The number of rotatable bonds is 4. The molecule has 0 radical (unpaired) electrons. The Morgan fingerprint density at radius 2 is 2.22 bits per heavy atom. The summed E-state index contributed by atoms with van der Waals surface area (Å²) >= 11 is 0. The molecule has 18 heavy (non-hydrogen) atoms. The van der Waals surface area contributed by atoms with Gasteiger partial charge in [-0.1, -0.05) is 13.8 Å². The van der Waals surface area contributed by atoms with Crippen molar-refractivity contribution in [1.82, 2.24) is 9.97 Å². The van der Waals surface area contributed by atoms with Crippen LogP contribution in [0.4, 0.5) is 5.82 Å². The molecule has 0 spiro atoms. The molecule has 98 valence electrons. The average Bonchev–Trinajstić information content (AvgIpc) is 2.25. The lowest BCUT2D eigenvalue weighted by molar-refractivity contribution is -0.143. The second-order valence-electron chi connectivity index (χ2n) is 4.91. The Kier molecular flexibility index (Phi) is 3.50. The second kappa shape index (κ2) is 4.92. The van der Waals surface area contributed by atoms with Crippen LogP contribution in [0.25, 0.3) is 0 Å². The van der Waals surface area contributed by atoms with Gasteiger partial charge < -0.3 is 10.0 Å². The summed E-state index contributed by atoms with van der Waals surface area (Å²) in [5, 5.41) is 8.96. The minimum atomic E-state index is -0.715. The van der Waals surface area contributed by atoms with E-state index in [0.717, 1.165) is 36.8 Å². The number of aliphatic carboxylic acids is 1. The van der Waals surface area contributed by atoms with E-state index in [0.29, 0.717) is 0 Å². The van der Waals surface area contributed by atoms with Gasteiger partial charge in [0.1, 0.15) is 11.6 Å². The molecular weight excluding hydrogens is 230 g/mol. The highest BCUT2D eigenvalue weighted by Gasteiger charge is 2.35. The molecule has 0 bridgehead atoms. The van der Waals surface area contributed by atoms with Crippen molar-refractivity contribution >= 4 is 11.8 Å². The molecule has 2 rings (SSSR count). The predicted molar refractivity (Wildman–Crippen MR) is 68.6 cm³/mol. The molecule has 1 aliphatic heterocycles. The van der Waals surface area contributed by atoms with Crippen LogP contribution in [0.5, 0.6) is 0 Å². The van der Waals surface area contributed by atoms with E-state index >= 15 is 0 Å².